The van der Waals surface area contributed by atoms with Gasteiger partial charge in [-0.2, -0.15) is 10.1 Å². The number of hydrogen-bond acceptors (Lipinski definition) is 6. The SMILES string of the molecule is Cn1ncc2cc(-c3cncc4nc(Nc5ccc6c(c5)CC(=O)C6)nn34)ccc21. The lowest BCUT2D eigenvalue weighted by molar-refractivity contribution is -0.117. The predicted octanol–water partition coefficient (Wildman–Crippen LogP) is 3.09. The normalized spacial score (nSPS) is 13.3. The third-order valence-corrected chi connectivity index (χ3v) is 5.53. The van der Waals surface area contributed by atoms with Gasteiger partial charge < -0.3 is 5.32 Å². The molecule has 0 amide bonds. The Morgan fingerprint density at radius 3 is 2.83 bits per heavy atom. The maximum absolute atomic E-state index is 11.7. The molecule has 0 unspecified atom stereocenters. The van der Waals surface area contributed by atoms with Crippen molar-refractivity contribution in [2.75, 3.05) is 5.32 Å². The number of anilines is 2. The zero-order valence-electron chi connectivity index (χ0n) is 16.2. The van der Waals surface area contributed by atoms with Crippen molar-refractivity contribution in [3.8, 4) is 11.3 Å². The predicted molar refractivity (Wildman–Crippen MR) is 113 cm³/mol. The summed E-state index contributed by atoms with van der Waals surface area (Å²) in [5.74, 6) is 0.741. The summed E-state index contributed by atoms with van der Waals surface area (Å²) in [6, 6.07) is 12.1. The Kier molecular flexibility index (Phi) is 3.49. The highest BCUT2D eigenvalue weighted by Crippen LogP contribution is 2.27. The summed E-state index contributed by atoms with van der Waals surface area (Å²) in [5.41, 5.74) is 6.59. The van der Waals surface area contributed by atoms with E-state index in [-0.39, 0.29) is 5.78 Å². The van der Waals surface area contributed by atoms with Gasteiger partial charge in [-0.25, -0.2) is 4.52 Å². The Hall–Kier alpha value is -4.07. The number of nitrogens with zero attached hydrogens (tertiary/aromatic N) is 6. The van der Waals surface area contributed by atoms with Crippen LogP contribution in [0.4, 0.5) is 11.6 Å². The van der Waals surface area contributed by atoms with Crippen LogP contribution in [0.5, 0.6) is 0 Å². The fourth-order valence-electron chi connectivity index (χ4n) is 4.04. The van der Waals surface area contributed by atoms with Gasteiger partial charge in [-0.05, 0) is 35.4 Å². The third kappa shape index (κ3) is 2.65. The van der Waals surface area contributed by atoms with Crippen LogP contribution in [0.3, 0.4) is 0 Å². The van der Waals surface area contributed by atoms with Gasteiger partial charge in [0.25, 0.3) is 0 Å². The molecular formula is C22H17N7O. The van der Waals surface area contributed by atoms with Gasteiger partial charge in [0, 0.05) is 36.5 Å². The van der Waals surface area contributed by atoms with Gasteiger partial charge in [0.15, 0.2) is 5.65 Å². The van der Waals surface area contributed by atoms with E-state index >= 15 is 0 Å². The minimum absolute atomic E-state index is 0.259. The minimum atomic E-state index is 0.259. The standard InChI is InChI=1S/C22H17N7O/c1-28-19-5-3-14(6-16(19)10-24-28)20-11-23-12-21-26-22(27-29(20)21)25-17-4-2-13-8-18(30)9-15(13)7-17/h2-7,10-12H,8-9H2,1H3,(H,25,27). The zero-order valence-corrected chi connectivity index (χ0v) is 16.2. The quantitative estimate of drug-likeness (QED) is 0.505. The molecule has 2 aromatic carbocycles. The molecule has 0 atom stereocenters. The van der Waals surface area contributed by atoms with Crippen molar-refractivity contribution in [3.63, 3.8) is 0 Å². The Morgan fingerprint density at radius 1 is 1.00 bits per heavy atom. The maximum Gasteiger partial charge on any atom is 0.247 e. The van der Waals surface area contributed by atoms with Crippen molar-refractivity contribution >= 4 is 34.0 Å². The Morgan fingerprint density at radius 2 is 1.90 bits per heavy atom. The van der Waals surface area contributed by atoms with Crippen LogP contribution in [0.1, 0.15) is 11.1 Å². The maximum atomic E-state index is 11.7. The molecule has 8 heteroatoms. The number of rotatable bonds is 3. The van der Waals surface area contributed by atoms with Crippen molar-refractivity contribution in [2.24, 2.45) is 7.05 Å². The Labute approximate surface area is 171 Å². The van der Waals surface area contributed by atoms with Gasteiger partial charge >= 0.3 is 0 Å². The van der Waals surface area contributed by atoms with E-state index in [1.807, 2.05) is 48.3 Å². The molecule has 8 nitrogen and oxygen atoms in total. The number of aryl methyl sites for hydroxylation is 1. The summed E-state index contributed by atoms with van der Waals surface area (Å²) < 4.78 is 3.63. The zero-order chi connectivity index (χ0) is 20.2. The van der Waals surface area contributed by atoms with Crippen LogP contribution in [0.15, 0.2) is 55.0 Å². The smallest absolute Gasteiger partial charge is 0.247 e. The van der Waals surface area contributed by atoms with Gasteiger partial charge in [-0.3, -0.25) is 14.5 Å². The highest BCUT2D eigenvalue weighted by molar-refractivity contribution is 5.88. The first-order valence-corrected chi connectivity index (χ1v) is 9.67. The van der Waals surface area contributed by atoms with Crippen LogP contribution in [-0.4, -0.2) is 35.1 Å². The Balaban J connectivity index is 1.38. The molecule has 0 spiro atoms. The molecule has 3 aromatic heterocycles. The van der Waals surface area contributed by atoms with Crippen molar-refractivity contribution in [1.29, 1.82) is 0 Å². The lowest BCUT2D eigenvalue weighted by atomic mass is 10.1. The minimum Gasteiger partial charge on any atom is -0.323 e. The van der Waals surface area contributed by atoms with Crippen LogP contribution in [0.2, 0.25) is 0 Å². The first-order valence-electron chi connectivity index (χ1n) is 9.67. The number of carbonyl (C=O) groups excluding carboxylic acids is 1. The molecule has 30 heavy (non-hydrogen) atoms. The van der Waals surface area contributed by atoms with E-state index in [1.54, 1.807) is 16.9 Å². The van der Waals surface area contributed by atoms with E-state index in [0.29, 0.717) is 24.4 Å². The number of ketones is 1. The first kappa shape index (κ1) is 16.8. The molecule has 1 aliphatic carbocycles. The summed E-state index contributed by atoms with van der Waals surface area (Å²) in [7, 11) is 1.93. The molecule has 0 fully saturated rings. The van der Waals surface area contributed by atoms with Gasteiger partial charge in [0.05, 0.1) is 29.8 Å². The summed E-state index contributed by atoms with van der Waals surface area (Å²) >= 11 is 0. The molecule has 6 rings (SSSR count). The number of hydrogen-bond donors (Lipinski definition) is 1. The summed E-state index contributed by atoms with van der Waals surface area (Å²) in [4.78, 5) is 20.6. The van der Waals surface area contributed by atoms with E-state index in [4.69, 9.17) is 0 Å². The van der Waals surface area contributed by atoms with Gasteiger partial charge in [-0.15, -0.1) is 5.10 Å². The molecule has 0 saturated carbocycles. The highest BCUT2D eigenvalue weighted by atomic mass is 16.1. The van der Waals surface area contributed by atoms with Crippen LogP contribution >= 0.6 is 0 Å². The number of fused-ring (bicyclic) bond motifs is 3. The average Bonchev–Trinajstić information content (AvgIpc) is 3.43. The first-order chi connectivity index (χ1) is 14.6. The van der Waals surface area contributed by atoms with E-state index < -0.39 is 0 Å². The van der Waals surface area contributed by atoms with Crippen LogP contribution in [0.25, 0.3) is 27.8 Å². The number of aromatic nitrogens is 6. The molecule has 5 aromatic rings. The van der Waals surface area contributed by atoms with Crippen LogP contribution in [-0.2, 0) is 24.7 Å². The lowest BCUT2D eigenvalue weighted by Crippen LogP contribution is -1.97. The van der Waals surface area contributed by atoms with Crippen LogP contribution < -0.4 is 5.32 Å². The number of nitrogens with one attached hydrogen (secondary N) is 1. The molecule has 0 saturated heterocycles. The van der Waals surface area contributed by atoms with Crippen molar-refractivity contribution < 1.29 is 4.79 Å². The second-order valence-corrected chi connectivity index (χ2v) is 7.54. The third-order valence-electron chi connectivity index (χ3n) is 5.53. The van der Waals surface area contributed by atoms with E-state index in [0.717, 1.165) is 39.0 Å². The van der Waals surface area contributed by atoms with Gasteiger partial charge in [0.2, 0.25) is 5.95 Å². The number of carbonyl (C=O) groups is 1. The largest absolute Gasteiger partial charge is 0.323 e. The Bertz CT molecular complexity index is 1460. The molecule has 3 heterocycles. The van der Waals surface area contributed by atoms with E-state index in [2.05, 4.69) is 31.5 Å². The molecule has 1 N–H and O–H groups in total. The lowest BCUT2D eigenvalue weighted by Gasteiger charge is -2.05. The summed E-state index contributed by atoms with van der Waals surface area (Å²) in [5, 5.41) is 13.3. The molecule has 0 radical (unpaired) electrons. The van der Waals surface area contributed by atoms with Crippen molar-refractivity contribution in [1.82, 2.24) is 29.4 Å². The van der Waals surface area contributed by atoms with E-state index in [9.17, 15) is 4.79 Å². The van der Waals surface area contributed by atoms with E-state index in [1.165, 1.54) is 0 Å². The number of Topliss-reactive ketones (excluding diaryl/α,β-unsaturated/α-hetero) is 1. The van der Waals surface area contributed by atoms with Gasteiger partial charge in [0.1, 0.15) is 5.78 Å². The fourth-order valence-corrected chi connectivity index (χ4v) is 4.04. The molecule has 146 valence electrons. The highest BCUT2D eigenvalue weighted by Gasteiger charge is 2.19. The monoisotopic (exact) mass is 395 g/mol. The van der Waals surface area contributed by atoms with Crippen molar-refractivity contribution in [3.05, 3.63) is 66.1 Å². The summed E-state index contributed by atoms with van der Waals surface area (Å²) in [6.45, 7) is 0. The molecule has 1 aliphatic rings. The number of benzene rings is 2. The fraction of sp³-hybridized carbons (Fsp3) is 0.136. The summed E-state index contributed by atoms with van der Waals surface area (Å²) in [6.07, 6.45) is 6.34. The molecule has 0 aliphatic heterocycles. The van der Waals surface area contributed by atoms with Crippen molar-refractivity contribution in [2.45, 2.75) is 12.8 Å². The van der Waals surface area contributed by atoms with Gasteiger partial charge in [-0.1, -0.05) is 12.1 Å². The average molecular weight is 395 g/mol. The second kappa shape index (κ2) is 6.21. The molecule has 0 bridgehead atoms. The second-order valence-electron chi connectivity index (χ2n) is 7.54. The van der Waals surface area contributed by atoms with Crippen LogP contribution in [0, 0.1) is 0 Å². The topological polar surface area (TPSA) is 90.0 Å². The molecular weight excluding hydrogens is 378 g/mol.